The van der Waals surface area contributed by atoms with Crippen LogP contribution in [0.2, 0.25) is 0 Å². The second-order valence-corrected chi connectivity index (χ2v) is 9.66. The molecular formula is C25H25FN4O4S. The summed E-state index contributed by atoms with van der Waals surface area (Å²) >= 11 is 0. The third kappa shape index (κ3) is 6.73. The Labute approximate surface area is 203 Å². The fourth-order valence-electron chi connectivity index (χ4n) is 3.16. The van der Waals surface area contributed by atoms with Crippen molar-refractivity contribution in [3.8, 4) is 0 Å². The van der Waals surface area contributed by atoms with Gasteiger partial charge in [0.2, 0.25) is 5.91 Å². The first-order chi connectivity index (χ1) is 16.6. The van der Waals surface area contributed by atoms with Gasteiger partial charge in [0, 0.05) is 12.6 Å². The van der Waals surface area contributed by atoms with Gasteiger partial charge in [-0.1, -0.05) is 29.8 Å². The molecule has 0 saturated heterocycles. The van der Waals surface area contributed by atoms with Crippen molar-refractivity contribution in [2.24, 2.45) is 5.10 Å². The first kappa shape index (κ1) is 25.6. The Morgan fingerprint density at radius 2 is 1.63 bits per heavy atom. The van der Waals surface area contributed by atoms with Gasteiger partial charge in [0.1, 0.15) is 12.4 Å². The molecule has 3 aromatic carbocycles. The lowest BCUT2D eigenvalue weighted by atomic mass is 10.1. The number of carbonyl (C=O) groups is 2. The predicted octanol–water partition coefficient (Wildman–Crippen LogP) is 3.83. The van der Waals surface area contributed by atoms with Crippen molar-refractivity contribution >= 4 is 38.9 Å². The monoisotopic (exact) mass is 496 g/mol. The van der Waals surface area contributed by atoms with E-state index in [2.05, 4.69) is 15.8 Å². The lowest BCUT2D eigenvalue weighted by Crippen LogP contribution is -2.39. The van der Waals surface area contributed by atoms with Crippen molar-refractivity contribution in [2.75, 3.05) is 16.2 Å². The Morgan fingerprint density at radius 1 is 0.971 bits per heavy atom. The van der Waals surface area contributed by atoms with Crippen LogP contribution in [-0.2, 0) is 19.6 Å². The lowest BCUT2D eigenvalue weighted by Gasteiger charge is -2.24. The van der Waals surface area contributed by atoms with E-state index in [0.29, 0.717) is 17.0 Å². The van der Waals surface area contributed by atoms with Crippen LogP contribution in [0.4, 0.5) is 15.8 Å². The zero-order valence-electron chi connectivity index (χ0n) is 19.4. The molecule has 35 heavy (non-hydrogen) atoms. The van der Waals surface area contributed by atoms with Gasteiger partial charge >= 0.3 is 0 Å². The summed E-state index contributed by atoms with van der Waals surface area (Å²) in [5.41, 5.74) is 5.26. The van der Waals surface area contributed by atoms with E-state index in [0.717, 1.165) is 34.1 Å². The SMILES string of the molecule is CC(=O)Nc1cccc(/C(C)=N\NC(=O)CN(c2ccc(C)cc2)S(=O)(=O)c2ccc(F)cc2)c1. The minimum Gasteiger partial charge on any atom is -0.326 e. The summed E-state index contributed by atoms with van der Waals surface area (Å²) in [5.74, 6) is -1.46. The van der Waals surface area contributed by atoms with Crippen LogP contribution in [-0.4, -0.2) is 32.5 Å². The van der Waals surface area contributed by atoms with Crippen LogP contribution in [0, 0.1) is 12.7 Å². The van der Waals surface area contributed by atoms with E-state index in [1.165, 1.54) is 6.92 Å². The molecule has 10 heteroatoms. The maximum atomic E-state index is 13.3. The summed E-state index contributed by atoms with van der Waals surface area (Å²) in [7, 11) is -4.17. The van der Waals surface area contributed by atoms with Crippen molar-refractivity contribution in [2.45, 2.75) is 25.7 Å². The number of amides is 2. The number of hydrogen-bond acceptors (Lipinski definition) is 5. The average Bonchev–Trinajstić information content (AvgIpc) is 2.81. The van der Waals surface area contributed by atoms with Crippen LogP contribution in [0.1, 0.15) is 25.0 Å². The molecule has 0 saturated carbocycles. The maximum absolute atomic E-state index is 13.3. The molecule has 2 amide bonds. The number of hydrazone groups is 1. The number of sulfonamides is 1. The van der Waals surface area contributed by atoms with E-state index in [1.54, 1.807) is 55.5 Å². The first-order valence-corrected chi connectivity index (χ1v) is 12.1. The molecule has 0 aromatic heterocycles. The van der Waals surface area contributed by atoms with Crippen molar-refractivity contribution in [3.05, 3.63) is 89.7 Å². The molecule has 0 fully saturated rings. The van der Waals surface area contributed by atoms with Gasteiger partial charge in [-0.15, -0.1) is 0 Å². The summed E-state index contributed by atoms with van der Waals surface area (Å²) in [5, 5.41) is 6.75. The van der Waals surface area contributed by atoms with E-state index < -0.39 is 28.3 Å². The van der Waals surface area contributed by atoms with E-state index in [-0.39, 0.29) is 16.5 Å². The highest BCUT2D eigenvalue weighted by Gasteiger charge is 2.27. The zero-order valence-corrected chi connectivity index (χ0v) is 20.3. The quantitative estimate of drug-likeness (QED) is 0.365. The van der Waals surface area contributed by atoms with Gasteiger partial charge in [0.25, 0.3) is 15.9 Å². The second kappa shape index (κ2) is 10.9. The number of halogens is 1. The molecule has 0 heterocycles. The normalized spacial score (nSPS) is 11.6. The average molecular weight is 497 g/mol. The molecule has 0 spiro atoms. The Kier molecular flexibility index (Phi) is 7.98. The van der Waals surface area contributed by atoms with Crippen molar-refractivity contribution < 1.29 is 22.4 Å². The van der Waals surface area contributed by atoms with Crippen LogP contribution in [0.15, 0.2) is 82.8 Å². The molecular weight excluding hydrogens is 471 g/mol. The first-order valence-electron chi connectivity index (χ1n) is 10.6. The fraction of sp³-hybridized carbons (Fsp3) is 0.160. The molecule has 0 unspecified atom stereocenters. The van der Waals surface area contributed by atoms with Gasteiger partial charge in [-0.3, -0.25) is 13.9 Å². The minimum atomic E-state index is -4.17. The Balaban J connectivity index is 1.83. The minimum absolute atomic E-state index is 0.151. The van der Waals surface area contributed by atoms with E-state index >= 15 is 0 Å². The van der Waals surface area contributed by atoms with E-state index in [9.17, 15) is 22.4 Å². The van der Waals surface area contributed by atoms with Gasteiger partial charge in [-0.2, -0.15) is 5.10 Å². The molecule has 0 aliphatic rings. The fourth-order valence-corrected chi connectivity index (χ4v) is 4.58. The molecule has 0 bridgehead atoms. The Hall–Kier alpha value is -4.05. The van der Waals surface area contributed by atoms with Crippen LogP contribution >= 0.6 is 0 Å². The van der Waals surface area contributed by atoms with Crippen LogP contribution in [0.5, 0.6) is 0 Å². The van der Waals surface area contributed by atoms with Crippen molar-refractivity contribution in [1.29, 1.82) is 0 Å². The van der Waals surface area contributed by atoms with E-state index in [1.807, 2.05) is 6.92 Å². The van der Waals surface area contributed by atoms with Gasteiger partial charge < -0.3 is 5.32 Å². The lowest BCUT2D eigenvalue weighted by molar-refractivity contribution is -0.119. The highest BCUT2D eigenvalue weighted by Crippen LogP contribution is 2.24. The predicted molar refractivity (Wildman–Crippen MR) is 133 cm³/mol. The largest absolute Gasteiger partial charge is 0.326 e. The van der Waals surface area contributed by atoms with Gasteiger partial charge in [0.05, 0.1) is 16.3 Å². The van der Waals surface area contributed by atoms with Crippen molar-refractivity contribution in [3.63, 3.8) is 0 Å². The number of anilines is 2. The molecule has 0 aliphatic heterocycles. The zero-order chi connectivity index (χ0) is 25.6. The van der Waals surface area contributed by atoms with Gasteiger partial charge in [-0.25, -0.2) is 18.2 Å². The summed E-state index contributed by atoms with van der Waals surface area (Å²) in [6, 6.07) is 17.9. The van der Waals surface area contributed by atoms with Crippen LogP contribution in [0.3, 0.4) is 0 Å². The topological polar surface area (TPSA) is 108 Å². The molecule has 0 atom stereocenters. The van der Waals surface area contributed by atoms with Crippen LogP contribution < -0.4 is 15.0 Å². The molecule has 182 valence electrons. The summed E-state index contributed by atoms with van der Waals surface area (Å²) in [6.07, 6.45) is 0. The molecule has 0 aliphatic carbocycles. The standard InChI is InChI=1S/C25H25FN4O4S/c1-17-7-11-23(12-8-17)30(35(33,34)24-13-9-21(26)10-14-24)16-25(32)29-28-18(2)20-5-4-6-22(15-20)27-19(3)31/h4-15H,16H2,1-3H3,(H,27,31)(H,29,32)/b28-18-. The number of nitrogens with one attached hydrogen (secondary N) is 2. The molecule has 0 radical (unpaired) electrons. The number of nitrogens with zero attached hydrogens (tertiary/aromatic N) is 2. The van der Waals surface area contributed by atoms with Gasteiger partial charge in [0.15, 0.2) is 0 Å². The number of benzene rings is 3. The molecule has 3 aromatic rings. The third-order valence-corrected chi connectivity index (χ3v) is 6.75. The molecule has 8 nitrogen and oxygen atoms in total. The highest BCUT2D eigenvalue weighted by molar-refractivity contribution is 7.92. The van der Waals surface area contributed by atoms with Crippen molar-refractivity contribution in [1.82, 2.24) is 5.43 Å². The number of carbonyl (C=O) groups excluding carboxylic acids is 2. The van der Waals surface area contributed by atoms with Gasteiger partial charge in [-0.05, 0) is 67.9 Å². The summed E-state index contributed by atoms with van der Waals surface area (Å²) in [6.45, 7) is 4.37. The Morgan fingerprint density at radius 3 is 2.26 bits per heavy atom. The number of rotatable bonds is 8. The number of aryl methyl sites for hydroxylation is 1. The summed E-state index contributed by atoms with van der Waals surface area (Å²) in [4.78, 5) is 23.9. The van der Waals surface area contributed by atoms with E-state index in [4.69, 9.17) is 0 Å². The Bertz CT molecular complexity index is 1350. The smallest absolute Gasteiger partial charge is 0.264 e. The maximum Gasteiger partial charge on any atom is 0.264 e. The number of hydrogen-bond donors (Lipinski definition) is 2. The van der Waals surface area contributed by atoms with Crippen LogP contribution in [0.25, 0.3) is 0 Å². The summed E-state index contributed by atoms with van der Waals surface area (Å²) < 4.78 is 40.9. The highest BCUT2D eigenvalue weighted by atomic mass is 32.2. The molecule has 2 N–H and O–H groups in total. The second-order valence-electron chi connectivity index (χ2n) is 7.80. The third-order valence-electron chi connectivity index (χ3n) is 4.96. The molecule has 3 rings (SSSR count).